The van der Waals surface area contributed by atoms with Gasteiger partial charge in [0.1, 0.15) is 11.6 Å². The summed E-state index contributed by atoms with van der Waals surface area (Å²) in [6.07, 6.45) is 4.82. The van der Waals surface area contributed by atoms with Crippen molar-refractivity contribution in [2.75, 3.05) is 68.2 Å². The summed E-state index contributed by atoms with van der Waals surface area (Å²) in [5.74, 6) is 0.924. The molecule has 3 saturated heterocycles. The molecule has 2 aromatic carbocycles. The Morgan fingerprint density at radius 2 is 1.67 bits per heavy atom. The minimum absolute atomic E-state index is 0.000672. The number of piperidine rings is 1. The Kier molecular flexibility index (Phi) is 7.59. The first-order valence-corrected chi connectivity index (χ1v) is 14.0. The van der Waals surface area contributed by atoms with Crippen molar-refractivity contribution in [1.82, 2.24) is 19.8 Å². The summed E-state index contributed by atoms with van der Waals surface area (Å²) in [7, 11) is 2.22. The second-order valence-corrected chi connectivity index (χ2v) is 10.6. The van der Waals surface area contributed by atoms with Gasteiger partial charge in [-0.15, -0.1) is 0 Å². The van der Waals surface area contributed by atoms with Crippen LogP contribution in [0, 0.1) is 11.3 Å². The largest absolute Gasteiger partial charge is 0.371 e. The van der Waals surface area contributed by atoms with Crippen molar-refractivity contribution in [3.8, 4) is 6.07 Å². The van der Waals surface area contributed by atoms with Crippen LogP contribution in [-0.2, 0) is 4.84 Å². The molecular formula is C30H36N8O. The zero-order valence-electron chi connectivity index (χ0n) is 22.5. The average molecular weight is 525 g/mol. The third kappa shape index (κ3) is 5.69. The first-order chi connectivity index (χ1) is 19.2. The van der Waals surface area contributed by atoms with Crippen molar-refractivity contribution >= 4 is 23.1 Å². The highest BCUT2D eigenvalue weighted by molar-refractivity contribution is 5.62. The molecule has 9 nitrogen and oxygen atoms in total. The van der Waals surface area contributed by atoms with Gasteiger partial charge in [0, 0.05) is 63.1 Å². The lowest BCUT2D eigenvalue weighted by atomic mass is 10.0. The van der Waals surface area contributed by atoms with Crippen LogP contribution < -0.4 is 15.3 Å². The van der Waals surface area contributed by atoms with E-state index in [0.29, 0.717) is 30.0 Å². The maximum absolute atomic E-state index is 9.73. The highest BCUT2D eigenvalue weighted by Crippen LogP contribution is 2.36. The van der Waals surface area contributed by atoms with Gasteiger partial charge in [-0.1, -0.05) is 30.3 Å². The van der Waals surface area contributed by atoms with E-state index in [-0.39, 0.29) is 6.04 Å². The smallest absolute Gasteiger partial charge is 0.229 e. The summed E-state index contributed by atoms with van der Waals surface area (Å²) in [6, 6.07) is 21.6. The van der Waals surface area contributed by atoms with Gasteiger partial charge in [-0.3, -0.25) is 9.74 Å². The summed E-state index contributed by atoms with van der Waals surface area (Å²) in [5.41, 5.74) is 3.67. The fourth-order valence-corrected chi connectivity index (χ4v) is 5.90. The number of hydrogen-bond donors (Lipinski definition) is 1. The molecule has 3 aliphatic heterocycles. The number of anilines is 4. The standard InChI is InChI=1S/C30H36N8O/c1-35-16-18-37(19-17-35)27-11-14-36(15-12-27)26-9-7-25(8-10-26)33-30-32-22-24(21-31)29(34-30)38-28(13-20-39-38)23-5-3-2-4-6-23/h2-10,22,27-28H,11-20H2,1H3,(H,32,33,34)/t28-/m0/s1. The maximum atomic E-state index is 9.73. The number of benzene rings is 2. The highest BCUT2D eigenvalue weighted by Gasteiger charge is 2.31. The van der Waals surface area contributed by atoms with Gasteiger partial charge < -0.3 is 15.1 Å². The zero-order chi connectivity index (χ0) is 26.6. The molecule has 9 heteroatoms. The molecule has 0 unspecified atom stereocenters. The average Bonchev–Trinajstić information content (AvgIpc) is 3.49. The van der Waals surface area contributed by atoms with Crippen LogP contribution >= 0.6 is 0 Å². The number of nitrogens with one attached hydrogen (secondary N) is 1. The quantitative estimate of drug-likeness (QED) is 0.510. The first-order valence-electron chi connectivity index (χ1n) is 14.0. The van der Waals surface area contributed by atoms with E-state index in [1.54, 1.807) is 11.3 Å². The van der Waals surface area contributed by atoms with Crippen LogP contribution in [0.4, 0.5) is 23.1 Å². The molecule has 3 aromatic rings. The van der Waals surface area contributed by atoms with Gasteiger partial charge in [0.25, 0.3) is 0 Å². The number of likely N-dealkylation sites (N-methyl/N-ethyl adjacent to an activating group) is 1. The lowest BCUT2D eigenvalue weighted by molar-refractivity contribution is 0.0982. The first kappa shape index (κ1) is 25.6. The zero-order valence-corrected chi connectivity index (χ0v) is 22.5. The summed E-state index contributed by atoms with van der Waals surface area (Å²) in [4.78, 5) is 22.6. The van der Waals surface area contributed by atoms with E-state index < -0.39 is 0 Å². The maximum Gasteiger partial charge on any atom is 0.229 e. The summed E-state index contributed by atoms with van der Waals surface area (Å²) < 4.78 is 0. The molecule has 0 bridgehead atoms. The monoisotopic (exact) mass is 524 g/mol. The van der Waals surface area contributed by atoms with E-state index in [4.69, 9.17) is 9.82 Å². The lowest BCUT2D eigenvalue weighted by Crippen LogP contribution is -2.52. The Morgan fingerprint density at radius 1 is 0.923 bits per heavy atom. The van der Waals surface area contributed by atoms with Gasteiger partial charge in [0.2, 0.25) is 5.95 Å². The number of nitriles is 1. The Morgan fingerprint density at radius 3 is 2.38 bits per heavy atom. The van der Waals surface area contributed by atoms with Crippen LogP contribution in [0.5, 0.6) is 0 Å². The molecule has 3 aliphatic rings. The second kappa shape index (κ2) is 11.6. The van der Waals surface area contributed by atoms with E-state index in [1.807, 2.05) is 18.2 Å². The van der Waals surface area contributed by atoms with E-state index >= 15 is 0 Å². The molecule has 1 N–H and O–H groups in total. The predicted molar refractivity (Wildman–Crippen MR) is 153 cm³/mol. The number of nitrogens with zero attached hydrogens (tertiary/aromatic N) is 7. The molecular weight excluding hydrogens is 488 g/mol. The molecule has 1 aromatic heterocycles. The summed E-state index contributed by atoms with van der Waals surface area (Å²) in [5, 5.41) is 14.8. The molecule has 0 radical (unpaired) electrons. The Bertz CT molecular complexity index is 1280. The normalized spacial score (nSPS) is 21.2. The molecule has 6 rings (SSSR count). The SMILES string of the molecule is CN1CCN(C2CCN(c3ccc(Nc4ncc(C#N)c(N5OCC[C@H]5c5ccccc5)n4)cc3)CC2)CC1. The van der Waals surface area contributed by atoms with Crippen molar-refractivity contribution in [3.63, 3.8) is 0 Å². The number of piperazine rings is 1. The molecule has 39 heavy (non-hydrogen) atoms. The third-order valence-electron chi connectivity index (χ3n) is 8.19. The number of hydroxylamine groups is 1. The van der Waals surface area contributed by atoms with Crippen molar-refractivity contribution in [3.05, 3.63) is 71.9 Å². The van der Waals surface area contributed by atoms with Crippen molar-refractivity contribution in [1.29, 1.82) is 5.26 Å². The summed E-state index contributed by atoms with van der Waals surface area (Å²) in [6.45, 7) is 7.49. The second-order valence-electron chi connectivity index (χ2n) is 10.6. The fourth-order valence-electron chi connectivity index (χ4n) is 5.90. The Labute approximate surface area is 230 Å². The van der Waals surface area contributed by atoms with Gasteiger partial charge in [-0.2, -0.15) is 10.2 Å². The summed E-state index contributed by atoms with van der Waals surface area (Å²) >= 11 is 0. The van der Waals surface area contributed by atoms with Crippen LogP contribution in [-0.4, -0.2) is 78.7 Å². The van der Waals surface area contributed by atoms with E-state index in [1.165, 1.54) is 44.7 Å². The van der Waals surface area contributed by atoms with Crippen LogP contribution in [0.15, 0.2) is 60.8 Å². The fraction of sp³-hybridized carbons (Fsp3) is 0.433. The predicted octanol–water partition coefficient (Wildman–Crippen LogP) is 4.19. The Balaban J connectivity index is 1.11. The van der Waals surface area contributed by atoms with Crippen molar-refractivity contribution < 1.29 is 4.84 Å². The Hall–Kier alpha value is -3.71. The molecule has 0 spiro atoms. The van der Waals surface area contributed by atoms with Gasteiger partial charge in [0.05, 0.1) is 18.8 Å². The minimum Gasteiger partial charge on any atom is -0.371 e. The van der Waals surface area contributed by atoms with Crippen molar-refractivity contribution in [2.24, 2.45) is 0 Å². The highest BCUT2D eigenvalue weighted by atomic mass is 16.7. The molecule has 1 atom stereocenters. The molecule has 4 heterocycles. The number of hydrogen-bond acceptors (Lipinski definition) is 9. The molecule has 0 saturated carbocycles. The van der Waals surface area contributed by atoms with Crippen LogP contribution in [0.1, 0.15) is 36.4 Å². The van der Waals surface area contributed by atoms with Gasteiger partial charge >= 0.3 is 0 Å². The molecule has 0 amide bonds. The van der Waals surface area contributed by atoms with E-state index in [0.717, 1.165) is 30.8 Å². The number of aromatic nitrogens is 2. The van der Waals surface area contributed by atoms with Gasteiger partial charge in [-0.25, -0.2) is 10.0 Å². The topological polar surface area (TPSA) is 83.8 Å². The van der Waals surface area contributed by atoms with Gasteiger partial charge in [-0.05, 0) is 49.7 Å². The van der Waals surface area contributed by atoms with Gasteiger partial charge in [0.15, 0.2) is 5.82 Å². The third-order valence-corrected chi connectivity index (χ3v) is 8.19. The molecule has 202 valence electrons. The lowest BCUT2D eigenvalue weighted by Gasteiger charge is -2.42. The van der Waals surface area contributed by atoms with E-state index in [2.05, 4.69) is 74.5 Å². The van der Waals surface area contributed by atoms with Crippen molar-refractivity contribution in [2.45, 2.75) is 31.3 Å². The van der Waals surface area contributed by atoms with Crippen LogP contribution in [0.25, 0.3) is 0 Å². The molecule has 0 aliphatic carbocycles. The van der Waals surface area contributed by atoms with E-state index in [9.17, 15) is 5.26 Å². The van der Waals surface area contributed by atoms with Crippen LogP contribution in [0.3, 0.4) is 0 Å². The molecule has 3 fully saturated rings. The van der Waals surface area contributed by atoms with Crippen LogP contribution in [0.2, 0.25) is 0 Å². The number of rotatable bonds is 6. The minimum atomic E-state index is 0.000672.